The number of carbonyl (C=O) groups excluding carboxylic acids is 1. The van der Waals surface area contributed by atoms with E-state index in [-0.39, 0.29) is 12.6 Å². The van der Waals surface area contributed by atoms with Crippen LogP contribution in [-0.2, 0) is 16.1 Å². The van der Waals surface area contributed by atoms with Gasteiger partial charge < -0.3 is 15.2 Å². The highest BCUT2D eigenvalue weighted by Gasteiger charge is 2.05. The molecule has 0 fully saturated rings. The Labute approximate surface area is 102 Å². The van der Waals surface area contributed by atoms with Crippen molar-refractivity contribution in [2.45, 2.75) is 20.4 Å². The van der Waals surface area contributed by atoms with Gasteiger partial charge in [-0.15, -0.1) is 0 Å². The van der Waals surface area contributed by atoms with Gasteiger partial charge in [0, 0.05) is 6.54 Å². The molecule has 2 N–H and O–H groups in total. The van der Waals surface area contributed by atoms with Crippen LogP contribution in [0.2, 0.25) is 0 Å². The molecule has 0 amide bonds. The maximum atomic E-state index is 11.3. The number of esters is 1. The fraction of sp³-hybridized carbons (Fsp3) is 0.462. The lowest BCUT2D eigenvalue weighted by Gasteiger charge is -2.08. The minimum Gasteiger partial charge on any atom is -0.482 e. The number of hydrogen-bond acceptors (Lipinski definition) is 4. The van der Waals surface area contributed by atoms with Gasteiger partial charge in [-0.05, 0) is 23.6 Å². The quantitative estimate of drug-likeness (QED) is 0.765. The molecule has 17 heavy (non-hydrogen) atoms. The van der Waals surface area contributed by atoms with Crippen molar-refractivity contribution in [2.24, 2.45) is 11.7 Å². The smallest absolute Gasteiger partial charge is 0.344 e. The molecule has 94 valence electrons. The maximum Gasteiger partial charge on any atom is 0.344 e. The van der Waals surface area contributed by atoms with Gasteiger partial charge in [0.1, 0.15) is 5.75 Å². The van der Waals surface area contributed by atoms with Crippen LogP contribution in [-0.4, -0.2) is 19.2 Å². The fourth-order valence-corrected chi connectivity index (χ4v) is 1.17. The van der Waals surface area contributed by atoms with Crippen molar-refractivity contribution in [1.82, 2.24) is 0 Å². The molecule has 0 heterocycles. The topological polar surface area (TPSA) is 61.5 Å². The van der Waals surface area contributed by atoms with Crippen molar-refractivity contribution >= 4 is 5.97 Å². The van der Waals surface area contributed by atoms with Gasteiger partial charge in [-0.2, -0.15) is 0 Å². The zero-order valence-corrected chi connectivity index (χ0v) is 10.3. The highest BCUT2D eigenvalue weighted by atomic mass is 16.6. The zero-order valence-electron chi connectivity index (χ0n) is 10.3. The molecule has 0 spiro atoms. The Hall–Kier alpha value is -1.55. The Balaban J connectivity index is 2.31. The summed E-state index contributed by atoms with van der Waals surface area (Å²) < 4.78 is 10.3. The highest BCUT2D eigenvalue weighted by molar-refractivity contribution is 5.71. The van der Waals surface area contributed by atoms with E-state index < -0.39 is 0 Å². The third-order valence-corrected chi connectivity index (χ3v) is 2.09. The first kappa shape index (κ1) is 13.5. The van der Waals surface area contributed by atoms with Gasteiger partial charge >= 0.3 is 5.97 Å². The van der Waals surface area contributed by atoms with Crippen molar-refractivity contribution in [3.63, 3.8) is 0 Å². The monoisotopic (exact) mass is 237 g/mol. The second-order valence-corrected chi connectivity index (χ2v) is 4.21. The van der Waals surface area contributed by atoms with E-state index in [1.54, 1.807) is 12.1 Å². The van der Waals surface area contributed by atoms with Crippen LogP contribution < -0.4 is 10.5 Å². The van der Waals surface area contributed by atoms with E-state index in [2.05, 4.69) is 0 Å². The molecule has 4 heteroatoms. The minimum atomic E-state index is -0.346. The molecule has 0 saturated heterocycles. The van der Waals surface area contributed by atoms with Crippen LogP contribution in [0.5, 0.6) is 5.75 Å². The molecule has 0 aliphatic heterocycles. The Kier molecular flexibility index (Phi) is 5.49. The maximum absolute atomic E-state index is 11.3. The second-order valence-electron chi connectivity index (χ2n) is 4.21. The van der Waals surface area contributed by atoms with Crippen molar-refractivity contribution in [3.8, 4) is 5.75 Å². The predicted octanol–water partition coefficient (Wildman–Crippen LogP) is 1.72. The van der Waals surface area contributed by atoms with Gasteiger partial charge in [0.05, 0.1) is 6.61 Å². The largest absolute Gasteiger partial charge is 0.482 e. The standard InChI is InChI=1S/C13H19NO3/c1-10(2)8-17-13(15)9-16-12-5-3-11(7-14)4-6-12/h3-6,10H,7-9,14H2,1-2H3. The minimum absolute atomic E-state index is 0.0608. The number of carbonyl (C=O) groups is 1. The Bertz CT molecular complexity index is 346. The number of benzene rings is 1. The molecule has 0 radical (unpaired) electrons. The van der Waals surface area contributed by atoms with Crippen molar-refractivity contribution < 1.29 is 14.3 Å². The molecule has 4 nitrogen and oxygen atoms in total. The number of rotatable bonds is 6. The van der Waals surface area contributed by atoms with Crippen molar-refractivity contribution in [2.75, 3.05) is 13.2 Å². The van der Waals surface area contributed by atoms with Crippen LogP contribution in [0.1, 0.15) is 19.4 Å². The van der Waals surface area contributed by atoms with Gasteiger partial charge in [0.25, 0.3) is 0 Å². The summed E-state index contributed by atoms with van der Waals surface area (Å²) in [4.78, 5) is 11.3. The van der Waals surface area contributed by atoms with E-state index in [0.29, 0.717) is 24.8 Å². The van der Waals surface area contributed by atoms with E-state index >= 15 is 0 Å². The fourth-order valence-electron chi connectivity index (χ4n) is 1.17. The van der Waals surface area contributed by atoms with Crippen LogP contribution in [0.4, 0.5) is 0 Å². The van der Waals surface area contributed by atoms with Gasteiger partial charge in [-0.3, -0.25) is 0 Å². The van der Waals surface area contributed by atoms with Gasteiger partial charge in [0.2, 0.25) is 0 Å². The first-order valence-electron chi connectivity index (χ1n) is 5.69. The lowest BCUT2D eigenvalue weighted by molar-refractivity contribution is -0.147. The molecule has 1 aromatic rings. The summed E-state index contributed by atoms with van der Waals surface area (Å²) in [5, 5.41) is 0. The first-order chi connectivity index (χ1) is 8.11. The highest BCUT2D eigenvalue weighted by Crippen LogP contribution is 2.11. The molecule has 0 aliphatic carbocycles. The Morgan fingerprint density at radius 3 is 2.47 bits per heavy atom. The summed E-state index contributed by atoms with van der Waals surface area (Å²) >= 11 is 0. The number of nitrogens with two attached hydrogens (primary N) is 1. The lowest BCUT2D eigenvalue weighted by atomic mass is 10.2. The SMILES string of the molecule is CC(C)COC(=O)COc1ccc(CN)cc1. The number of hydrogen-bond donors (Lipinski definition) is 1. The molecule has 0 atom stereocenters. The summed E-state index contributed by atoms with van der Waals surface area (Å²) in [6.45, 7) is 4.83. The van der Waals surface area contributed by atoms with Crippen LogP contribution in [0.3, 0.4) is 0 Å². The number of ether oxygens (including phenoxy) is 2. The van der Waals surface area contributed by atoms with Crippen LogP contribution in [0.25, 0.3) is 0 Å². The molecule has 0 aromatic heterocycles. The average molecular weight is 237 g/mol. The van der Waals surface area contributed by atoms with Crippen LogP contribution >= 0.6 is 0 Å². The predicted molar refractivity (Wildman–Crippen MR) is 65.6 cm³/mol. The molecule has 0 saturated carbocycles. The average Bonchev–Trinajstić information content (AvgIpc) is 2.34. The van der Waals surface area contributed by atoms with E-state index in [0.717, 1.165) is 5.56 Å². The normalized spacial score (nSPS) is 10.4. The summed E-state index contributed by atoms with van der Waals surface area (Å²) in [6, 6.07) is 7.32. The molecule has 1 rings (SSSR count). The lowest BCUT2D eigenvalue weighted by Crippen LogP contribution is -2.17. The van der Waals surface area contributed by atoms with E-state index in [9.17, 15) is 4.79 Å². The molecule has 0 unspecified atom stereocenters. The van der Waals surface area contributed by atoms with Gasteiger partial charge in [-0.1, -0.05) is 26.0 Å². The third kappa shape index (κ3) is 5.36. The summed E-state index contributed by atoms with van der Waals surface area (Å²) in [5.74, 6) is 0.632. The van der Waals surface area contributed by atoms with Gasteiger partial charge in [-0.25, -0.2) is 4.79 Å². The van der Waals surface area contributed by atoms with E-state index in [1.807, 2.05) is 26.0 Å². The van der Waals surface area contributed by atoms with Crippen LogP contribution in [0, 0.1) is 5.92 Å². The molecule has 0 bridgehead atoms. The van der Waals surface area contributed by atoms with Crippen molar-refractivity contribution in [1.29, 1.82) is 0 Å². The van der Waals surface area contributed by atoms with Gasteiger partial charge in [0.15, 0.2) is 6.61 Å². The Morgan fingerprint density at radius 1 is 1.29 bits per heavy atom. The second kappa shape index (κ2) is 6.91. The summed E-state index contributed by atoms with van der Waals surface area (Å²) in [6.07, 6.45) is 0. The summed E-state index contributed by atoms with van der Waals surface area (Å²) in [7, 11) is 0. The molecular weight excluding hydrogens is 218 g/mol. The van der Waals surface area contributed by atoms with Crippen LogP contribution in [0.15, 0.2) is 24.3 Å². The molecule has 0 aliphatic rings. The van der Waals surface area contributed by atoms with E-state index in [4.69, 9.17) is 15.2 Å². The Morgan fingerprint density at radius 2 is 1.94 bits per heavy atom. The van der Waals surface area contributed by atoms with E-state index in [1.165, 1.54) is 0 Å². The molecule has 1 aromatic carbocycles. The zero-order chi connectivity index (χ0) is 12.7. The summed E-state index contributed by atoms with van der Waals surface area (Å²) in [5.41, 5.74) is 6.50. The third-order valence-electron chi connectivity index (χ3n) is 2.09. The molecular formula is C13H19NO3. The first-order valence-corrected chi connectivity index (χ1v) is 5.69. The van der Waals surface area contributed by atoms with Crippen molar-refractivity contribution in [3.05, 3.63) is 29.8 Å².